The zero-order valence-electron chi connectivity index (χ0n) is 15.6. The Balaban J connectivity index is 1.48. The van der Waals surface area contributed by atoms with Gasteiger partial charge >= 0.3 is 6.18 Å². The molecule has 1 atom stereocenters. The molecule has 2 heterocycles. The summed E-state index contributed by atoms with van der Waals surface area (Å²) in [5.41, 5.74) is -0.805. The summed E-state index contributed by atoms with van der Waals surface area (Å²) >= 11 is 0. The molecule has 10 heteroatoms. The van der Waals surface area contributed by atoms with E-state index in [0.29, 0.717) is 19.5 Å². The molecule has 0 saturated carbocycles. The van der Waals surface area contributed by atoms with Crippen molar-refractivity contribution in [1.82, 2.24) is 9.80 Å². The number of rotatable bonds is 4. The van der Waals surface area contributed by atoms with Crippen molar-refractivity contribution in [1.29, 1.82) is 0 Å². The molecule has 0 radical (unpaired) electrons. The van der Waals surface area contributed by atoms with Crippen molar-refractivity contribution >= 4 is 17.5 Å². The highest BCUT2D eigenvalue weighted by atomic mass is 19.4. The summed E-state index contributed by atoms with van der Waals surface area (Å²) in [5.74, 6) is -3.74. The second-order valence-electron chi connectivity index (χ2n) is 7.53. The minimum absolute atomic E-state index is 0.0262. The maximum Gasteiger partial charge on any atom is 0.416 e. The van der Waals surface area contributed by atoms with E-state index in [0.717, 1.165) is 12.1 Å². The summed E-state index contributed by atoms with van der Waals surface area (Å²) in [6.45, 7) is 0.799. The highest BCUT2D eigenvalue weighted by Gasteiger charge is 2.39. The van der Waals surface area contributed by atoms with Crippen LogP contribution in [0.15, 0.2) is 24.3 Å². The third-order valence-corrected chi connectivity index (χ3v) is 5.27. The van der Waals surface area contributed by atoms with E-state index in [4.69, 9.17) is 0 Å². The first kappa shape index (κ1) is 21.5. The van der Waals surface area contributed by atoms with Gasteiger partial charge in [-0.15, -0.1) is 0 Å². The zero-order chi connectivity index (χ0) is 21.2. The van der Waals surface area contributed by atoms with Gasteiger partial charge in [-0.1, -0.05) is 6.07 Å². The molecule has 2 aliphatic heterocycles. The number of piperidine rings is 1. The van der Waals surface area contributed by atoms with Crippen molar-refractivity contribution in [2.24, 2.45) is 5.92 Å². The lowest BCUT2D eigenvalue weighted by Gasteiger charge is -2.33. The Morgan fingerprint density at radius 1 is 1.14 bits per heavy atom. The Hall–Kier alpha value is -2.23. The molecule has 0 aliphatic carbocycles. The number of benzene rings is 1. The Kier molecular flexibility index (Phi) is 6.11. The highest BCUT2D eigenvalue weighted by Crippen LogP contribution is 2.31. The molecule has 1 aromatic carbocycles. The van der Waals surface area contributed by atoms with Crippen LogP contribution in [0.2, 0.25) is 0 Å². The number of nitrogens with zero attached hydrogens (tertiary/aromatic N) is 2. The van der Waals surface area contributed by atoms with Crippen LogP contribution < -0.4 is 5.32 Å². The fourth-order valence-corrected chi connectivity index (χ4v) is 3.67. The minimum Gasteiger partial charge on any atom is -0.342 e. The van der Waals surface area contributed by atoms with Gasteiger partial charge in [-0.25, -0.2) is 8.78 Å². The quantitative estimate of drug-likeness (QED) is 0.763. The predicted octanol–water partition coefficient (Wildman–Crippen LogP) is 3.22. The first-order valence-corrected chi connectivity index (χ1v) is 9.40. The van der Waals surface area contributed by atoms with Crippen LogP contribution in [0.1, 0.15) is 24.8 Å². The fourth-order valence-electron chi connectivity index (χ4n) is 3.67. The van der Waals surface area contributed by atoms with Crippen LogP contribution in [-0.4, -0.2) is 60.3 Å². The van der Waals surface area contributed by atoms with Gasteiger partial charge in [-0.3, -0.25) is 14.5 Å². The van der Waals surface area contributed by atoms with Gasteiger partial charge in [-0.2, -0.15) is 13.2 Å². The number of carbonyl (C=O) groups is 2. The molecule has 1 aromatic rings. The van der Waals surface area contributed by atoms with E-state index < -0.39 is 23.6 Å². The maximum absolute atomic E-state index is 13.2. The number of carbonyl (C=O) groups excluding carboxylic acids is 2. The van der Waals surface area contributed by atoms with Gasteiger partial charge in [0.1, 0.15) is 0 Å². The molecule has 160 valence electrons. The van der Waals surface area contributed by atoms with E-state index in [-0.39, 0.29) is 50.0 Å². The first-order valence-electron chi connectivity index (χ1n) is 9.40. The normalized spacial score (nSPS) is 22.5. The smallest absolute Gasteiger partial charge is 0.342 e. The van der Waals surface area contributed by atoms with E-state index in [1.54, 1.807) is 4.90 Å². The van der Waals surface area contributed by atoms with Gasteiger partial charge in [0, 0.05) is 38.2 Å². The van der Waals surface area contributed by atoms with E-state index in [9.17, 15) is 31.5 Å². The van der Waals surface area contributed by atoms with Crippen molar-refractivity contribution in [3.63, 3.8) is 0 Å². The summed E-state index contributed by atoms with van der Waals surface area (Å²) in [7, 11) is 0. The predicted molar refractivity (Wildman–Crippen MR) is 95.4 cm³/mol. The molecule has 2 saturated heterocycles. The highest BCUT2D eigenvalue weighted by molar-refractivity contribution is 5.92. The van der Waals surface area contributed by atoms with Crippen molar-refractivity contribution in [3.05, 3.63) is 29.8 Å². The van der Waals surface area contributed by atoms with Crippen molar-refractivity contribution < 1.29 is 31.5 Å². The Bertz CT molecular complexity index is 758. The molecule has 1 unspecified atom stereocenters. The van der Waals surface area contributed by atoms with Crippen LogP contribution in [-0.2, 0) is 15.8 Å². The largest absolute Gasteiger partial charge is 0.416 e. The van der Waals surface area contributed by atoms with Crippen molar-refractivity contribution in [3.8, 4) is 0 Å². The topological polar surface area (TPSA) is 52.7 Å². The molecule has 1 N–H and O–H groups in total. The average molecular weight is 419 g/mol. The van der Waals surface area contributed by atoms with Gasteiger partial charge in [-0.05, 0) is 31.2 Å². The van der Waals surface area contributed by atoms with Gasteiger partial charge in [0.2, 0.25) is 11.8 Å². The van der Waals surface area contributed by atoms with Crippen LogP contribution in [0.25, 0.3) is 0 Å². The number of hydrogen-bond donors (Lipinski definition) is 1. The van der Waals surface area contributed by atoms with Crippen molar-refractivity contribution in [2.75, 3.05) is 38.0 Å². The number of amides is 2. The van der Waals surface area contributed by atoms with Gasteiger partial charge in [0.15, 0.2) is 0 Å². The SMILES string of the molecule is O=C(CN1CCC(C(=O)N2CCC(F)(F)CC2)C1)Nc1cccc(C(F)(F)F)c1. The summed E-state index contributed by atoms with van der Waals surface area (Å²) in [6, 6.07) is 4.36. The molecule has 2 amide bonds. The fraction of sp³-hybridized carbons (Fsp3) is 0.579. The van der Waals surface area contributed by atoms with E-state index in [2.05, 4.69) is 5.32 Å². The summed E-state index contributed by atoms with van der Waals surface area (Å²) in [6.07, 6.45) is -4.66. The van der Waals surface area contributed by atoms with Crippen LogP contribution in [0.5, 0.6) is 0 Å². The third-order valence-electron chi connectivity index (χ3n) is 5.27. The molecule has 29 heavy (non-hydrogen) atoms. The van der Waals surface area contributed by atoms with Gasteiger partial charge < -0.3 is 10.2 Å². The molecule has 5 nitrogen and oxygen atoms in total. The lowest BCUT2D eigenvalue weighted by molar-refractivity contribution is -0.141. The van der Waals surface area contributed by atoms with Gasteiger partial charge in [0.25, 0.3) is 5.92 Å². The van der Waals surface area contributed by atoms with Crippen LogP contribution in [0.4, 0.5) is 27.6 Å². The second-order valence-corrected chi connectivity index (χ2v) is 7.53. The van der Waals surface area contributed by atoms with E-state index in [1.807, 2.05) is 0 Å². The number of halogens is 5. The minimum atomic E-state index is -4.50. The number of alkyl halides is 5. The zero-order valence-corrected chi connectivity index (χ0v) is 15.6. The number of anilines is 1. The molecular weight excluding hydrogens is 397 g/mol. The molecule has 3 rings (SSSR count). The Labute approximate surface area is 164 Å². The number of nitrogens with one attached hydrogen (secondary N) is 1. The summed E-state index contributed by atoms with van der Waals surface area (Å²) in [4.78, 5) is 27.9. The molecule has 0 bridgehead atoms. The summed E-state index contributed by atoms with van der Waals surface area (Å²) < 4.78 is 64.7. The Morgan fingerprint density at radius 3 is 2.48 bits per heavy atom. The molecule has 0 spiro atoms. The van der Waals surface area contributed by atoms with E-state index >= 15 is 0 Å². The molecule has 2 aliphatic rings. The average Bonchev–Trinajstić information content (AvgIpc) is 3.09. The van der Waals surface area contributed by atoms with E-state index in [1.165, 1.54) is 17.0 Å². The number of hydrogen-bond acceptors (Lipinski definition) is 3. The van der Waals surface area contributed by atoms with Crippen LogP contribution >= 0.6 is 0 Å². The lowest BCUT2D eigenvalue weighted by atomic mass is 10.0. The molecular formula is C19H22F5N3O2. The van der Waals surface area contributed by atoms with Crippen LogP contribution in [0.3, 0.4) is 0 Å². The first-order chi connectivity index (χ1) is 13.5. The maximum atomic E-state index is 13.2. The van der Waals surface area contributed by atoms with Crippen LogP contribution in [0, 0.1) is 5.92 Å². The molecule has 0 aromatic heterocycles. The third kappa shape index (κ3) is 5.65. The van der Waals surface area contributed by atoms with Gasteiger partial charge in [0.05, 0.1) is 18.0 Å². The number of likely N-dealkylation sites (tertiary alicyclic amines) is 2. The summed E-state index contributed by atoms with van der Waals surface area (Å²) in [5, 5.41) is 2.44. The molecule has 2 fully saturated rings. The second kappa shape index (κ2) is 8.25. The standard InChI is InChI=1S/C19H22F5N3O2/c20-18(21)5-8-27(9-6-18)17(29)13-4-7-26(11-13)12-16(28)25-15-3-1-2-14(10-15)19(22,23)24/h1-3,10,13H,4-9,11-12H2,(H,25,28). The van der Waals surface area contributed by atoms with Crippen molar-refractivity contribution in [2.45, 2.75) is 31.4 Å². The Morgan fingerprint density at radius 2 is 1.83 bits per heavy atom. The lowest BCUT2D eigenvalue weighted by Crippen LogP contribution is -2.45. The monoisotopic (exact) mass is 419 g/mol.